The van der Waals surface area contributed by atoms with Crippen LogP contribution in [-0.2, 0) is 33.8 Å². The first-order valence-electron chi connectivity index (χ1n) is 26.9. The Balaban J connectivity index is -0.000000256. The summed E-state index contributed by atoms with van der Waals surface area (Å²) in [6.07, 6.45) is 3.17. The minimum Gasteiger partial charge on any atom is -0.497 e. The highest BCUT2D eigenvalue weighted by molar-refractivity contribution is 6.74. The fraction of sp³-hybridized carbons (Fsp3) is 0.264. The molecule has 1 saturated heterocycles. The Morgan fingerprint density at radius 2 is 1.15 bits per heavy atom. The molecule has 0 N–H and O–H groups in total. The first kappa shape index (κ1) is 65.2. The molecule has 5 aromatic rings. The van der Waals surface area contributed by atoms with Gasteiger partial charge in [0.2, 0.25) is 0 Å². The van der Waals surface area contributed by atoms with Crippen molar-refractivity contribution < 1.29 is 78.6 Å². The van der Waals surface area contributed by atoms with Gasteiger partial charge in [0, 0.05) is 127 Å². The summed E-state index contributed by atoms with van der Waals surface area (Å²) >= 11 is 0. The summed E-state index contributed by atoms with van der Waals surface area (Å²) in [5.41, 5.74) is -0.188. The van der Waals surface area contributed by atoms with Gasteiger partial charge in [0.1, 0.15) is 46.9 Å². The molecule has 14 nitrogen and oxygen atoms in total. The molecule has 15 heteroatoms. The van der Waals surface area contributed by atoms with Gasteiger partial charge in [0.15, 0.2) is 20.6 Å². The molecule has 0 saturated carbocycles. The van der Waals surface area contributed by atoms with Crippen LogP contribution in [-0.4, -0.2) is 74.2 Å². The number of ketones is 1. The Kier molecular flexibility index (Phi) is 23.3. The highest BCUT2D eigenvalue weighted by atomic mass is 28.4. The van der Waals surface area contributed by atoms with Crippen LogP contribution in [0.25, 0.3) is 0 Å². The van der Waals surface area contributed by atoms with E-state index < -0.39 is 66.6 Å². The van der Waals surface area contributed by atoms with E-state index in [0.29, 0.717) is 38.3 Å². The third-order valence-corrected chi connectivity index (χ3v) is 18.3. The van der Waals surface area contributed by atoms with Gasteiger partial charge in [-0.15, -0.1) is 6.42 Å². The number of carbonyl (C=O) groups is 3. The van der Waals surface area contributed by atoms with Crippen molar-refractivity contribution >= 4 is 26.0 Å². The van der Waals surface area contributed by atoms with Gasteiger partial charge < -0.3 is 37.6 Å². The van der Waals surface area contributed by atoms with Gasteiger partial charge in [0.25, 0.3) is 11.5 Å². The van der Waals surface area contributed by atoms with E-state index in [1.54, 1.807) is 28.1 Å². The maximum Gasteiger partial charge on any atom is 0.340 e. The van der Waals surface area contributed by atoms with E-state index in [4.69, 9.17) is 39.3 Å². The predicted octanol–water partition coefficient (Wildman–Crippen LogP) is 13.3. The first-order valence-corrected chi connectivity index (χ1v) is 29.8. The first-order chi connectivity index (χ1) is 41.8. The van der Waals surface area contributed by atoms with Crippen LogP contribution in [0.1, 0.15) is 116 Å². The summed E-state index contributed by atoms with van der Waals surface area (Å²) in [4.78, 5) is 69.8. The van der Waals surface area contributed by atoms with Crippen molar-refractivity contribution in [2.24, 2.45) is 0 Å². The summed E-state index contributed by atoms with van der Waals surface area (Å²) in [6, 6.07) is 28.3. The smallest absolute Gasteiger partial charge is 0.340 e. The Morgan fingerprint density at radius 1 is 0.655 bits per heavy atom. The fourth-order valence-corrected chi connectivity index (χ4v) is 9.64. The molecular formula is C72H102N2O12Si. The lowest BCUT2D eigenvalue weighted by Gasteiger charge is -2.40. The number of aryl methyl sites for hydroxylation is 1. The Bertz CT molecular complexity index is 4320. The average Bonchev–Trinajstić information content (AvgIpc) is 1.74. The lowest BCUT2D eigenvalue weighted by molar-refractivity contribution is -0.159. The topological polar surface area (TPSA) is 160 Å². The molecule has 0 spiro atoms. The zero-order valence-corrected chi connectivity index (χ0v) is 50.6. The Hall–Kier alpha value is -11.0. The highest BCUT2D eigenvalue weighted by Crippen LogP contribution is 2.46. The predicted molar refractivity (Wildman–Crippen MR) is 378 cm³/mol. The fourth-order valence-electron chi connectivity index (χ4n) is 8.35. The normalized spacial score (nSPS) is 14.3. The molecule has 1 aliphatic rings. The maximum atomic E-state index is 15.1. The maximum absolute atomic E-state index is 15.1. The molecule has 476 valence electrons. The molecule has 4 aromatic carbocycles. The van der Waals surface area contributed by atoms with E-state index in [9.17, 15) is 19.2 Å². The Labute approximate surface area is 541 Å². The summed E-state index contributed by atoms with van der Waals surface area (Å²) in [6.45, 7) is 14.6. The van der Waals surface area contributed by atoms with Crippen LogP contribution in [0.4, 0.5) is 0 Å². The van der Waals surface area contributed by atoms with Crippen molar-refractivity contribution in [3.63, 3.8) is 0 Å². The van der Waals surface area contributed by atoms with E-state index in [0.717, 1.165) is 16.2 Å². The van der Waals surface area contributed by atoms with E-state index in [1.165, 1.54) is 25.3 Å². The molecular weight excluding hydrogens is 1110 g/mol. The van der Waals surface area contributed by atoms with E-state index in [2.05, 4.69) is 125 Å². The molecule has 6 rings (SSSR count). The van der Waals surface area contributed by atoms with Gasteiger partial charge in [-0.1, -0.05) is 75.4 Å². The van der Waals surface area contributed by atoms with Gasteiger partial charge in [0.05, 0.1) is 27.2 Å². The van der Waals surface area contributed by atoms with Crippen molar-refractivity contribution in [3.05, 3.63) is 157 Å². The molecule has 4 atom stereocenters. The molecule has 87 heavy (non-hydrogen) atoms. The second-order valence-corrected chi connectivity index (χ2v) is 25.3. The van der Waals surface area contributed by atoms with Gasteiger partial charge in [-0.05, 0) is 150 Å². The molecule has 0 radical (unpaired) electrons. The average molecular weight is 1220 g/mol. The van der Waals surface area contributed by atoms with Gasteiger partial charge in [-0.25, -0.2) is 4.79 Å². The van der Waals surface area contributed by atoms with E-state index in [1.807, 2.05) is 113 Å². The van der Waals surface area contributed by atoms with Crippen LogP contribution >= 0.6 is 0 Å². The molecule has 1 aromatic heterocycles. The van der Waals surface area contributed by atoms with Gasteiger partial charge in [-0.2, -0.15) is 4.57 Å². The molecule has 0 amide bonds. The number of esters is 1. The summed E-state index contributed by atoms with van der Waals surface area (Å²) < 4.78 is 46.1. The highest BCUT2D eigenvalue weighted by Gasteiger charge is 2.54. The number of terminal acetylenes is 1. The number of hydrogen-bond donors (Lipinski definition) is 0. The number of benzene rings is 4. The van der Waals surface area contributed by atoms with Crippen LogP contribution in [0, 0.1) is 145 Å². The number of carbonyl (C=O) groups excluding carboxylic acids is 3. The van der Waals surface area contributed by atoms with Gasteiger partial charge in [-0.3, -0.25) is 19.0 Å². The van der Waals surface area contributed by atoms with Gasteiger partial charge >= 0.3 is 11.7 Å². The number of ether oxygens (including phenoxy) is 6. The minimum absolute atomic E-state index is 0. The van der Waals surface area contributed by atoms with Crippen LogP contribution in [0.15, 0.2) is 113 Å². The third kappa shape index (κ3) is 17.3. The third-order valence-electron chi connectivity index (χ3n) is 13.9. The van der Waals surface area contributed by atoms with Crippen molar-refractivity contribution in [1.29, 1.82) is 0 Å². The van der Waals surface area contributed by atoms with Crippen molar-refractivity contribution in [2.75, 3.05) is 20.8 Å². The minimum atomic E-state index is -2.92. The second kappa shape index (κ2) is 31.1. The monoisotopic (exact) mass is 1210 g/mol. The zero-order valence-electron chi connectivity index (χ0n) is 49.6. The molecule has 1 fully saturated rings. The quantitative estimate of drug-likeness (QED) is 0.0376. The van der Waals surface area contributed by atoms with Crippen LogP contribution < -0.4 is 25.5 Å². The second-order valence-electron chi connectivity index (χ2n) is 20.5. The lowest BCUT2D eigenvalue weighted by Crippen LogP contribution is -2.52. The largest absolute Gasteiger partial charge is 0.497 e. The van der Waals surface area contributed by atoms with Crippen molar-refractivity contribution in [2.45, 2.75) is 103 Å². The Morgan fingerprint density at radius 3 is 1.63 bits per heavy atom. The molecule has 0 aliphatic carbocycles. The van der Waals surface area contributed by atoms with Crippen LogP contribution in [0.2, 0.25) is 18.1 Å². The van der Waals surface area contributed by atoms with Crippen molar-refractivity contribution in [1.82, 2.24) is 9.13 Å². The number of nitrogens with zero attached hydrogens (tertiary/aromatic N) is 2. The number of methoxy groups -OCH3 is 2. The SMILES string of the molecule is C#CC#CC#CC#CC#CC#CC#CC#CC#CC#CC#COc1cc(C(=O)n2c(=O)ccn([C@@H]3O[C@H](COC(c4ccccc4)(c4ccc(OC)cc4)c4ccc(OC)cc4)[C@H](OC(=O)CCC(C)=O)C3O[Si](C)(C)C(C)(C)C)c2=O)cc(C)c1C.[HH].[HH].[HH].[HH].[HH].[HH].[HH].[HH].[HH].[HH].[HH].[HH].[HH].[HH].[HH].[HH].[HH].[HH].[HH].[HH].[HH].[HH]. The number of rotatable bonds is 17. The van der Waals surface area contributed by atoms with Crippen LogP contribution in [0.5, 0.6) is 17.2 Å². The lowest BCUT2D eigenvalue weighted by atomic mass is 9.80. The number of Topliss-reactive ketones (excluding diaryl/α,β-unsaturated/α-hetero) is 1. The summed E-state index contributed by atoms with van der Waals surface area (Å²) in [5.74, 6) is 48.9. The molecule has 2 heterocycles. The van der Waals surface area contributed by atoms with Crippen LogP contribution in [0.3, 0.4) is 0 Å². The summed E-state index contributed by atoms with van der Waals surface area (Å²) in [5, 5.41) is -0.441. The summed E-state index contributed by atoms with van der Waals surface area (Å²) in [7, 11) is 0.224. The molecule has 1 aliphatic heterocycles. The number of hydrogen-bond acceptors (Lipinski definition) is 12. The standard InChI is InChI=1S/C72H58N2O12Si.22H2/c1-12-13-14-15-16-17-18-19-20-21-22-23-24-25-26-27-28-29-30-34-49-82-62-51-56(50-53(2)55(62)4)68(78)74-64(76)47-48-73(70(74)79)69-67(86-87(10,11)71(5,6)7)66(85-65(77)46-37-54(3)75)63(84-69)52-83-72(57-35-32-31-33-36-57,58-38-42-60(80-8)43-39-58)59-40-44-61(81-9)45-41-59;;;;;;;;;;;;;;;;;;;;;;/h1,31-33,35-36,38-45,47-48,50-51,63,66-67,69H,37,46,52H2,2-11H3;22*1H/t63-,66+,67?,69-;;;;;;;;;;;;;;;;;;;;;;/m1....................../s1. The van der Waals surface area contributed by atoms with E-state index in [-0.39, 0.29) is 67.9 Å². The molecule has 0 bridgehead atoms. The number of aromatic nitrogens is 2. The van der Waals surface area contributed by atoms with Crippen molar-refractivity contribution in [3.8, 4) is 148 Å². The zero-order chi connectivity index (χ0) is 63.0. The molecule has 1 unspecified atom stereocenters. The van der Waals surface area contributed by atoms with E-state index >= 15 is 4.79 Å².